The molecule has 1 aliphatic carbocycles. The Morgan fingerprint density at radius 1 is 1.55 bits per heavy atom. The van der Waals surface area contributed by atoms with Crippen LogP contribution < -0.4 is 0 Å². The molecule has 0 aromatic carbocycles. The average molecular weight is 151 g/mol. The van der Waals surface area contributed by atoms with Gasteiger partial charge in [-0.05, 0) is 18.9 Å². The summed E-state index contributed by atoms with van der Waals surface area (Å²) in [5, 5.41) is 0. The zero-order chi connectivity index (χ0) is 8.27. The molecule has 0 N–H and O–H groups in total. The van der Waals surface area contributed by atoms with E-state index >= 15 is 0 Å². The molecule has 1 rings (SSSR count). The maximum absolute atomic E-state index is 11.1. The third-order valence-corrected chi connectivity index (χ3v) is 1.58. The summed E-state index contributed by atoms with van der Waals surface area (Å²) in [6.45, 7) is 0. The van der Waals surface area contributed by atoms with Crippen LogP contribution in [0.2, 0.25) is 0 Å². The van der Waals surface area contributed by atoms with Gasteiger partial charge in [0.15, 0.2) is 5.78 Å². The fourth-order valence-electron chi connectivity index (χ4n) is 1.10. The van der Waals surface area contributed by atoms with Gasteiger partial charge in [-0.25, -0.2) is 0 Å². The van der Waals surface area contributed by atoms with E-state index in [1.54, 1.807) is 6.08 Å². The SMILES string of the molecule is CN(C)/C=C1/CCC=CC1=O. The van der Waals surface area contributed by atoms with Crippen LogP contribution in [0.1, 0.15) is 12.8 Å². The molecular formula is C9H13NO. The highest BCUT2D eigenvalue weighted by molar-refractivity contribution is 6.04. The predicted molar refractivity (Wildman–Crippen MR) is 45.2 cm³/mol. The average Bonchev–Trinajstić information content (AvgIpc) is 1.93. The Hall–Kier alpha value is -1.05. The molecule has 60 valence electrons. The van der Waals surface area contributed by atoms with E-state index in [9.17, 15) is 4.79 Å². The molecule has 11 heavy (non-hydrogen) atoms. The first-order valence-corrected chi connectivity index (χ1v) is 3.78. The number of allylic oxidation sites excluding steroid dienone is 3. The van der Waals surface area contributed by atoms with Gasteiger partial charge in [-0.2, -0.15) is 0 Å². The molecule has 0 heterocycles. The van der Waals surface area contributed by atoms with Gasteiger partial charge in [0.05, 0.1) is 0 Å². The van der Waals surface area contributed by atoms with Crippen molar-refractivity contribution in [3.8, 4) is 0 Å². The van der Waals surface area contributed by atoms with Crippen molar-refractivity contribution in [2.24, 2.45) is 0 Å². The summed E-state index contributed by atoms with van der Waals surface area (Å²) in [7, 11) is 3.86. The van der Waals surface area contributed by atoms with Gasteiger partial charge in [0.1, 0.15) is 0 Å². The molecule has 0 unspecified atom stereocenters. The van der Waals surface area contributed by atoms with Crippen LogP contribution in [0, 0.1) is 0 Å². The topological polar surface area (TPSA) is 20.3 Å². The summed E-state index contributed by atoms with van der Waals surface area (Å²) in [5.74, 6) is 0.157. The Morgan fingerprint density at radius 3 is 2.82 bits per heavy atom. The molecule has 0 fully saturated rings. The lowest BCUT2D eigenvalue weighted by Gasteiger charge is -2.11. The Balaban J connectivity index is 2.72. The van der Waals surface area contributed by atoms with Crippen molar-refractivity contribution in [1.82, 2.24) is 4.90 Å². The summed E-state index contributed by atoms with van der Waals surface area (Å²) in [6, 6.07) is 0. The third-order valence-electron chi connectivity index (χ3n) is 1.58. The molecule has 0 saturated heterocycles. The van der Waals surface area contributed by atoms with Gasteiger partial charge in [-0.3, -0.25) is 4.79 Å². The summed E-state index contributed by atoms with van der Waals surface area (Å²) in [5.41, 5.74) is 0.914. The Bertz CT molecular complexity index is 214. The second kappa shape index (κ2) is 3.37. The van der Waals surface area contributed by atoms with Crippen molar-refractivity contribution in [3.05, 3.63) is 23.9 Å². The minimum atomic E-state index is 0.157. The van der Waals surface area contributed by atoms with Crippen LogP contribution in [-0.2, 0) is 4.79 Å². The molecule has 1 aliphatic rings. The van der Waals surface area contributed by atoms with Crippen molar-refractivity contribution in [3.63, 3.8) is 0 Å². The molecule has 0 aliphatic heterocycles. The lowest BCUT2D eigenvalue weighted by Crippen LogP contribution is -2.09. The standard InChI is InChI=1S/C9H13NO/c1-10(2)7-8-5-3-4-6-9(8)11/h4,6-7H,3,5H2,1-2H3/b8-7-. The van der Waals surface area contributed by atoms with Crippen molar-refractivity contribution >= 4 is 5.78 Å². The second-order valence-corrected chi connectivity index (χ2v) is 2.92. The first-order valence-electron chi connectivity index (χ1n) is 3.78. The van der Waals surface area contributed by atoms with Crippen LogP contribution in [0.5, 0.6) is 0 Å². The highest BCUT2D eigenvalue weighted by Gasteiger charge is 2.09. The number of carbonyl (C=O) groups is 1. The number of rotatable bonds is 1. The summed E-state index contributed by atoms with van der Waals surface area (Å²) in [4.78, 5) is 13.1. The van der Waals surface area contributed by atoms with E-state index in [0.717, 1.165) is 18.4 Å². The fourth-order valence-corrected chi connectivity index (χ4v) is 1.10. The van der Waals surface area contributed by atoms with Crippen LogP contribution in [0.15, 0.2) is 23.9 Å². The largest absolute Gasteiger partial charge is 0.383 e. The molecule has 0 aromatic rings. The van der Waals surface area contributed by atoms with Crippen molar-refractivity contribution in [1.29, 1.82) is 0 Å². The van der Waals surface area contributed by atoms with E-state index in [2.05, 4.69) is 0 Å². The first-order chi connectivity index (χ1) is 5.20. The van der Waals surface area contributed by atoms with Crippen LogP contribution >= 0.6 is 0 Å². The Morgan fingerprint density at radius 2 is 2.27 bits per heavy atom. The third kappa shape index (κ3) is 2.22. The van der Waals surface area contributed by atoms with Crippen molar-refractivity contribution in [2.45, 2.75) is 12.8 Å². The molecule has 2 heteroatoms. The van der Waals surface area contributed by atoms with Crippen LogP contribution in [-0.4, -0.2) is 24.8 Å². The predicted octanol–water partition coefficient (Wildman–Crippen LogP) is 1.35. The Labute approximate surface area is 67.2 Å². The maximum Gasteiger partial charge on any atom is 0.182 e. The van der Waals surface area contributed by atoms with E-state index in [1.807, 2.05) is 31.3 Å². The van der Waals surface area contributed by atoms with Crippen molar-refractivity contribution in [2.75, 3.05) is 14.1 Å². The smallest absolute Gasteiger partial charge is 0.182 e. The fraction of sp³-hybridized carbons (Fsp3) is 0.444. The summed E-state index contributed by atoms with van der Waals surface area (Å²) in [6.07, 6.45) is 7.35. The summed E-state index contributed by atoms with van der Waals surface area (Å²) < 4.78 is 0. The van der Waals surface area contributed by atoms with E-state index in [4.69, 9.17) is 0 Å². The van der Waals surface area contributed by atoms with Gasteiger partial charge in [0.2, 0.25) is 0 Å². The molecule has 0 radical (unpaired) electrons. The first kappa shape index (κ1) is 8.05. The molecule has 0 atom stereocenters. The molecule has 0 amide bonds. The van der Waals surface area contributed by atoms with Crippen LogP contribution in [0.25, 0.3) is 0 Å². The van der Waals surface area contributed by atoms with Gasteiger partial charge in [-0.1, -0.05) is 6.08 Å². The highest BCUT2D eigenvalue weighted by Crippen LogP contribution is 2.13. The van der Waals surface area contributed by atoms with Gasteiger partial charge < -0.3 is 4.90 Å². The normalized spacial score (nSPS) is 20.9. The van der Waals surface area contributed by atoms with E-state index in [0.29, 0.717) is 0 Å². The second-order valence-electron chi connectivity index (χ2n) is 2.92. The zero-order valence-corrected chi connectivity index (χ0v) is 7.00. The lowest BCUT2D eigenvalue weighted by atomic mass is 10.0. The van der Waals surface area contributed by atoms with E-state index < -0.39 is 0 Å². The molecule has 0 aromatic heterocycles. The minimum Gasteiger partial charge on any atom is -0.383 e. The molecule has 0 bridgehead atoms. The molecule has 0 saturated carbocycles. The molecule has 2 nitrogen and oxygen atoms in total. The van der Waals surface area contributed by atoms with E-state index in [1.165, 1.54) is 0 Å². The van der Waals surface area contributed by atoms with Gasteiger partial charge in [0.25, 0.3) is 0 Å². The van der Waals surface area contributed by atoms with Crippen LogP contribution in [0.4, 0.5) is 0 Å². The maximum atomic E-state index is 11.1. The number of carbonyl (C=O) groups excluding carboxylic acids is 1. The van der Waals surface area contributed by atoms with Crippen LogP contribution in [0.3, 0.4) is 0 Å². The molecular weight excluding hydrogens is 138 g/mol. The van der Waals surface area contributed by atoms with Crippen molar-refractivity contribution < 1.29 is 4.79 Å². The number of hydrogen-bond acceptors (Lipinski definition) is 2. The quantitative estimate of drug-likeness (QED) is 0.527. The lowest BCUT2D eigenvalue weighted by molar-refractivity contribution is -0.111. The van der Waals surface area contributed by atoms with Gasteiger partial charge >= 0.3 is 0 Å². The highest BCUT2D eigenvalue weighted by atomic mass is 16.1. The summed E-state index contributed by atoms with van der Waals surface area (Å²) >= 11 is 0. The Kier molecular flexibility index (Phi) is 2.47. The monoisotopic (exact) mass is 151 g/mol. The molecule has 0 spiro atoms. The van der Waals surface area contributed by atoms with E-state index in [-0.39, 0.29) is 5.78 Å². The number of hydrogen-bond donors (Lipinski definition) is 0. The number of ketones is 1. The zero-order valence-electron chi connectivity index (χ0n) is 7.00. The van der Waals surface area contributed by atoms with Gasteiger partial charge in [0, 0.05) is 25.9 Å². The van der Waals surface area contributed by atoms with Gasteiger partial charge in [-0.15, -0.1) is 0 Å². The number of nitrogens with zero attached hydrogens (tertiary/aromatic N) is 1. The minimum absolute atomic E-state index is 0.157.